The lowest BCUT2D eigenvalue weighted by atomic mass is 10.1. The van der Waals surface area contributed by atoms with E-state index >= 15 is 0 Å². The van der Waals surface area contributed by atoms with Gasteiger partial charge >= 0.3 is 0 Å². The standard InChI is InChI=1S/C11H20N2/c1-4-12-11-6-5-8-13(9-7-11)10(2)3/h1,10-12H,5-9H2,2-3H3. The topological polar surface area (TPSA) is 15.3 Å². The molecule has 1 fully saturated rings. The molecule has 2 nitrogen and oxygen atoms in total. The second-order valence-electron chi connectivity index (χ2n) is 4.05. The van der Waals surface area contributed by atoms with E-state index < -0.39 is 0 Å². The Balaban J connectivity index is 2.36. The summed E-state index contributed by atoms with van der Waals surface area (Å²) >= 11 is 0. The monoisotopic (exact) mass is 180 g/mol. The van der Waals surface area contributed by atoms with E-state index in [2.05, 4.69) is 30.1 Å². The lowest BCUT2D eigenvalue weighted by Crippen LogP contribution is -2.33. The summed E-state index contributed by atoms with van der Waals surface area (Å²) in [6, 6.07) is 3.75. The first-order valence-corrected chi connectivity index (χ1v) is 5.19. The van der Waals surface area contributed by atoms with Gasteiger partial charge in [0.25, 0.3) is 0 Å². The van der Waals surface area contributed by atoms with Gasteiger partial charge < -0.3 is 10.2 Å². The van der Waals surface area contributed by atoms with Crippen molar-refractivity contribution in [3.05, 3.63) is 0 Å². The molecule has 1 unspecified atom stereocenters. The van der Waals surface area contributed by atoms with Gasteiger partial charge in [0.05, 0.1) is 0 Å². The molecular formula is C11H20N2. The SMILES string of the molecule is C#CNC1CCCN(C(C)C)CC1. The molecule has 1 atom stereocenters. The van der Waals surface area contributed by atoms with Crippen molar-refractivity contribution in [3.63, 3.8) is 0 Å². The van der Waals surface area contributed by atoms with Crippen molar-refractivity contribution in [1.29, 1.82) is 0 Å². The maximum Gasteiger partial charge on any atom is 0.0353 e. The summed E-state index contributed by atoms with van der Waals surface area (Å²) in [5, 5.41) is 3.09. The summed E-state index contributed by atoms with van der Waals surface area (Å²) in [5.41, 5.74) is 0. The molecule has 1 heterocycles. The molecule has 74 valence electrons. The summed E-state index contributed by atoms with van der Waals surface area (Å²) in [4.78, 5) is 2.53. The van der Waals surface area contributed by atoms with Gasteiger partial charge in [-0.25, -0.2) is 0 Å². The summed E-state index contributed by atoms with van der Waals surface area (Å²) in [7, 11) is 0. The zero-order valence-corrected chi connectivity index (χ0v) is 8.71. The maximum atomic E-state index is 5.23. The van der Waals surface area contributed by atoms with Crippen LogP contribution in [0.2, 0.25) is 0 Å². The van der Waals surface area contributed by atoms with Crippen LogP contribution in [0.4, 0.5) is 0 Å². The summed E-state index contributed by atoms with van der Waals surface area (Å²) < 4.78 is 0. The fraction of sp³-hybridized carbons (Fsp3) is 0.818. The Morgan fingerprint density at radius 1 is 1.38 bits per heavy atom. The smallest absolute Gasteiger partial charge is 0.0353 e. The maximum absolute atomic E-state index is 5.23. The van der Waals surface area contributed by atoms with E-state index in [1.165, 1.54) is 32.4 Å². The van der Waals surface area contributed by atoms with Gasteiger partial charge in [0, 0.05) is 24.7 Å². The number of nitrogens with one attached hydrogen (secondary N) is 1. The van der Waals surface area contributed by atoms with Crippen molar-refractivity contribution < 1.29 is 0 Å². The molecule has 2 heteroatoms. The predicted octanol–water partition coefficient (Wildman–Crippen LogP) is 1.43. The molecule has 13 heavy (non-hydrogen) atoms. The number of rotatable bonds is 2. The third-order valence-electron chi connectivity index (χ3n) is 2.78. The number of hydrogen-bond donors (Lipinski definition) is 1. The molecule has 0 amide bonds. The van der Waals surface area contributed by atoms with Crippen molar-refractivity contribution >= 4 is 0 Å². The molecule has 0 saturated carbocycles. The van der Waals surface area contributed by atoms with Crippen molar-refractivity contribution in [1.82, 2.24) is 10.2 Å². The Morgan fingerprint density at radius 2 is 2.15 bits per heavy atom. The van der Waals surface area contributed by atoms with Gasteiger partial charge in [-0.15, -0.1) is 0 Å². The molecule has 1 aliphatic rings. The van der Waals surface area contributed by atoms with E-state index in [9.17, 15) is 0 Å². The minimum Gasteiger partial charge on any atom is -0.343 e. The fourth-order valence-corrected chi connectivity index (χ4v) is 1.90. The minimum absolute atomic E-state index is 0.536. The summed E-state index contributed by atoms with van der Waals surface area (Å²) in [6.45, 7) is 6.92. The predicted molar refractivity (Wildman–Crippen MR) is 56.3 cm³/mol. The molecule has 1 N–H and O–H groups in total. The van der Waals surface area contributed by atoms with Crippen LogP contribution in [0.3, 0.4) is 0 Å². The zero-order chi connectivity index (χ0) is 9.68. The van der Waals surface area contributed by atoms with Crippen molar-refractivity contribution in [2.75, 3.05) is 13.1 Å². The molecule has 0 bridgehead atoms. The van der Waals surface area contributed by atoms with Crippen LogP contribution < -0.4 is 5.32 Å². The Kier molecular flexibility index (Phi) is 4.11. The molecule has 0 spiro atoms. The third-order valence-corrected chi connectivity index (χ3v) is 2.78. The van der Waals surface area contributed by atoms with E-state index in [-0.39, 0.29) is 0 Å². The molecule has 1 rings (SSSR count). The molecule has 1 aliphatic heterocycles. The van der Waals surface area contributed by atoms with Gasteiger partial charge in [-0.05, 0) is 39.7 Å². The van der Waals surface area contributed by atoms with E-state index in [1.54, 1.807) is 0 Å². The number of terminal acetylenes is 1. The minimum atomic E-state index is 0.536. The first-order chi connectivity index (χ1) is 6.24. The number of likely N-dealkylation sites (tertiary alicyclic amines) is 1. The van der Waals surface area contributed by atoms with E-state index in [0.717, 1.165) is 0 Å². The van der Waals surface area contributed by atoms with Crippen LogP contribution in [0.1, 0.15) is 33.1 Å². The molecule has 1 saturated heterocycles. The van der Waals surface area contributed by atoms with Crippen LogP contribution in [0.15, 0.2) is 0 Å². The first kappa shape index (κ1) is 10.4. The van der Waals surface area contributed by atoms with Crippen molar-refractivity contribution in [2.45, 2.75) is 45.2 Å². The Hall–Kier alpha value is -0.680. The van der Waals surface area contributed by atoms with Crippen LogP contribution in [-0.4, -0.2) is 30.1 Å². The van der Waals surface area contributed by atoms with E-state index in [0.29, 0.717) is 12.1 Å². The second-order valence-corrected chi connectivity index (χ2v) is 4.05. The highest BCUT2D eigenvalue weighted by Gasteiger charge is 2.17. The van der Waals surface area contributed by atoms with Gasteiger partial charge in [-0.1, -0.05) is 6.42 Å². The lowest BCUT2D eigenvalue weighted by molar-refractivity contribution is 0.229. The van der Waals surface area contributed by atoms with Crippen LogP contribution in [0, 0.1) is 12.5 Å². The van der Waals surface area contributed by atoms with Gasteiger partial charge in [0.1, 0.15) is 0 Å². The molecular weight excluding hydrogens is 160 g/mol. The highest BCUT2D eigenvalue weighted by Crippen LogP contribution is 2.12. The van der Waals surface area contributed by atoms with E-state index in [1.807, 2.05) is 0 Å². The van der Waals surface area contributed by atoms with Crippen molar-refractivity contribution in [3.8, 4) is 12.5 Å². The van der Waals surface area contributed by atoms with Crippen LogP contribution >= 0.6 is 0 Å². The van der Waals surface area contributed by atoms with E-state index in [4.69, 9.17) is 6.42 Å². The molecule has 0 aromatic rings. The average Bonchev–Trinajstić information content (AvgIpc) is 2.30. The highest BCUT2D eigenvalue weighted by molar-refractivity contribution is 4.87. The first-order valence-electron chi connectivity index (χ1n) is 5.19. The third kappa shape index (κ3) is 3.28. The molecule has 0 radical (unpaired) electrons. The van der Waals surface area contributed by atoms with Crippen LogP contribution in [0.5, 0.6) is 0 Å². The molecule has 0 aliphatic carbocycles. The highest BCUT2D eigenvalue weighted by atomic mass is 15.1. The Bertz CT molecular complexity index is 181. The Labute approximate surface area is 81.7 Å². The molecule has 0 aromatic carbocycles. The zero-order valence-electron chi connectivity index (χ0n) is 8.71. The van der Waals surface area contributed by atoms with Gasteiger partial charge in [0.15, 0.2) is 0 Å². The van der Waals surface area contributed by atoms with Gasteiger partial charge in [-0.2, -0.15) is 0 Å². The second kappa shape index (κ2) is 5.14. The quantitative estimate of drug-likeness (QED) is 0.511. The normalized spacial score (nSPS) is 25.2. The number of hydrogen-bond acceptors (Lipinski definition) is 2. The van der Waals surface area contributed by atoms with Crippen molar-refractivity contribution in [2.24, 2.45) is 0 Å². The molecule has 0 aromatic heterocycles. The largest absolute Gasteiger partial charge is 0.343 e. The summed E-state index contributed by atoms with van der Waals surface area (Å²) in [6.07, 6.45) is 8.89. The summed E-state index contributed by atoms with van der Waals surface area (Å²) in [5.74, 6) is 0. The van der Waals surface area contributed by atoms with Gasteiger partial charge in [-0.3, -0.25) is 0 Å². The van der Waals surface area contributed by atoms with Crippen LogP contribution in [0.25, 0.3) is 0 Å². The Morgan fingerprint density at radius 3 is 2.77 bits per heavy atom. The average molecular weight is 180 g/mol. The fourth-order valence-electron chi connectivity index (χ4n) is 1.90. The van der Waals surface area contributed by atoms with Crippen LogP contribution in [-0.2, 0) is 0 Å². The van der Waals surface area contributed by atoms with Gasteiger partial charge in [0.2, 0.25) is 0 Å². The lowest BCUT2D eigenvalue weighted by Gasteiger charge is -2.24. The number of nitrogens with zero attached hydrogens (tertiary/aromatic N) is 1.